The summed E-state index contributed by atoms with van der Waals surface area (Å²) in [6.07, 6.45) is -1.50. The number of nitrogens with zero attached hydrogens (tertiary/aromatic N) is 2. The SMILES string of the molecule is Cc1cccnc1C(NC(=O)C1CCN(Cc2cccc(C(F)(F)F)c2)CC1)c1ccc(F)cc1. The molecule has 1 aromatic heterocycles. The highest BCUT2D eigenvalue weighted by atomic mass is 19.4. The van der Waals surface area contributed by atoms with Gasteiger partial charge in [0.05, 0.1) is 17.3 Å². The van der Waals surface area contributed by atoms with Crippen LogP contribution in [0.5, 0.6) is 0 Å². The minimum absolute atomic E-state index is 0.108. The van der Waals surface area contributed by atoms with Crippen LogP contribution in [0.1, 0.15) is 46.8 Å². The van der Waals surface area contributed by atoms with Crippen LogP contribution in [0.3, 0.4) is 0 Å². The first kappa shape index (κ1) is 24.9. The smallest absolute Gasteiger partial charge is 0.343 e. The van der Waals surface area contributed by atoms with E-state index in [0.29, 0.717) is 43.7 Å². The van der Waals surface area contributed by atoms with Crippen LogP contribution in [-0.2, 0) is 17.5 Å². The molecule has 0 bridgehead atoms. The summed E-state index contributed by atoms with van der Waals surface area (Å²) >= 11 is 0. The van der Waals surface area contributed by atoms with Gasteiger partial charge in [-0.1, -0.05) is 36.4 Å². The van der Waals surface area contributed by atoms with Gasteiger partial charge in [-0.3, -0.25) is 14.7 Å². The lowest BCUT2D eigenvalue weighted by atomic mass is 9.93. The monoisotopic (exact) mass is 485 g/mol. The second-order valence-corrected chi connectivity index (χ2v) is 8.95. The third kappa shape index (κ3) is 6.25. The Morgan fingerprint density at radius 2 is 1.80 bits per heavy atom. The molecule has 4 nitrogen and oxygen atoms in total. The molecule has 0 saturated carbocycles. The molecule has 2 heterocycles. The number of aryl methyl sites for hydroxylation is 1. The first-order chi connectivity index (χ1) is 16.7. The van der Waals surface area contributed by atoms with Crippen molar-refractivity contribution in [3.8, 4) is 0 Å². The Kier molecular flexibility index (Phi) is 7.50. The normalized spacial score (nSPS) is 16.1. The van der Waals surface area contributed by atoms with Crippen LogP contribution in [-0.4, -0.2) is 28.9 Å². The van der Waals surface area contributed by atoms with E-state index in [1.807, 2.05) is 19.1 Å². The number of amides is 1. The fourth-order valence-corrected chi connectivity index (χ4v) is 4.48. The zero-order valence-corrected chi connectivity index (χ0v) is 19.4. The Hall–Kier alpha value is -3.26. The van der Waals surface area contributed by atoms with Crippen molar-refractivity contribution in [2.45, 2.75) is 38.5 Å². The van der Waals surface area contributed by atoms with E-state index in [1.54, 1.807) is 24.4 Å². The lowest BCUT2D eigenvalue weighted by Gasteiger charge is -2.32. The highest BCUT2D eigenvalue weighted by Crippen LogP contribution is 2.30. The maximum Gasteiger partial charge on any atom is 0.416 e. The number of benzene rings is 2. The first-order valence-corrected chi connectivity index (χ1v) is 11.6. The molecule has 8 heteroatoms. The zero-order chi connectivity index (χ0) is 25.0. The molecule has 1 atom stereocenters. The number of likely N-dealkylation sites (tertiary alicyclic amines) is 1. The molecule has 35 heavy (non-hydrogen) atoms. The van der Waals surface area contributed by atoms with Crippen LogP contribution in [0.15, 0.2) is 66.9 Å². The Bertz CT molecular complexity index is 1160. The Morgan fingerprint density at radius 3 is 2.46 bits per heavy atom. The molecule has 0 aliphatic carbocycles. The summed E-state index contributed by atoms with van der Waals surface area (Å²) in [5.74, 6) is -0.687. The molecule has 3 aromatic rings. The lowest BCUT2D eigenvalue weighted by Crippen LogP contribution is -2.41. The zero-order valence-electron chi connectivity index (χ0n) is 19.4. The number of nitrogens with one attached hydrogen (secondary N) is 1. The number of halogens is 4. The van der Waals surface area contributed by atoms with Crippen LogP contribution in [0.25, 0.3) is 0 Å². The van der Waals surface area contributed by atoms with Gasteiger partial charge in [-0.05, 0) is 73.8 Å². The van der Waals surface area contributed by atoms with Crippen molar-refractivity contribution in [1.82, 2.24) is 15.2 Å². The van der Waals surface area contributed by atoms with Crippen LogP contribution in [0.2, 0.25) is 0 Å². The molecule has 2 aromatic carbocycles. The number of aromatic nitrogens is 1. The second kappa shape index (κ2) is 10.6. The summed E-state index contributed by atoms with van der Waals surface area (Å²) in [6.45, 7) is 3.54. The van der Waals surface area contributed by atoms with Gasteiger partial charge in [-0.2, -0.15) is 13.2 Å². The van der Waals surface area contributed by atoms with Gasteiger partial charge in [0.15, 0.2) is 0 Å². The molecule has 0 radical (unpaired) electrons. The fourth-order valence-electron chi connectivity index (χ4n) is 4.48. The summed E-state index contributed by atoms with van der Waals surface area (Å²) in [4.78, 5) is 19.7. The molecule has 1 amide bonds. The van der Waals surface area contributed by atoms with E-state index in [2.05, 4.69) is 15.2 Å². The van der Waals surface area contributed by atoms with E-state index >= 15 is 0 Å². The average molecular weight is 486 g/mol. The van der Waals surface area contributed by atoms with Gasteiger partial charge >= 0.3 is 6.18 Å². The first-order valence-electron chi connectivity index (χ1n) is 11.6. The maximum atomic E-state index is 13.5. The maximum absolute atomic E-state index is 13.5. The van der Waals surface area contributed by atoms with Gasteiger partial charge in [-0.25, -0.2) is 4.39 Å². The molecule has 1 fully saturated rings. The van der Waals surface area contributed by atoms with E-state index in [1.165, 1.54) is 24.3 Å². The van der Waals surface area contributed by atoms with Gasteiger partial charge in [0.1, 0.15) is 5.82 Å². The van der Waals surface area contributed by atoms with Crippen molar-refractivity contribution >= 4 is 5.91 Å². The molecular formula is C27H27F4N3O. The molecule has 1 unspecified atom stereocenters. The van der Waals surface area contributed by atoms with E-state index in [4.69, 9.17) is 0 Å². The molecular weight excluding hydrogens is 458 g/mol. The largest absolute Gasteiger partial charge is 0.416 e. The number of hydrogen-bond acceptors (Lipinski definition) is 3. The van der Waals surface area contributed by atoms with Gasteiger partial charge in [-0.15, -0.1) is 0 Å². The Balaban J connectivity index is 1.41. The van der Waals surface area contributed by atoms with Crippen LogP contribution >= 0.6 is 0 Å². The number of piperidine rings is 1. The Labute approximate surface area is 202 Å². The van der Waals surface area contributed by atoms with Crippen LogP contribution in [0.4, 0.5) is 17.6 Å². The predicted octanol–water partition coefficient (Wildman–Crippen LogP) is 5.67. The van der Waals surface area contributed by atoms with Crippen molar-refractivity contribution in [3.05, 3.63) is 101 Å². The minimum Gasteiger partial charge on any atom is -0.343 e. The van der Waals surface area contributed by atoms with Gasteiger partial charge in [0.2, 0.25) is 5.91 Å². The molecule has 1 saturated heterocycles. The number of carbonyl (C=O) groups excluding carboxylic acids is 1. The molecule has 4 rings (SSSR count). The minimum atomic E-state index is -4.37. The predicted molar refractivity (Wildman–Crippen MR) is 125 cm³/mol. The summed E-state index contributed by atoms with van der Waals surface area (Å²) in [5, 5.41) is 3.10. The van der Waals surface area contributed by atoms with E-state index in [-0.39, 0.29) is 17.6 Å². The quantitative estimate of drug-likeness (QED) is 0.458. The summed E-state index contributed by atoms with van der Waals surface area (Å²) in [7, 11) is 0. The standard InChI is InChI=1S/C27H27F4N3O/c1-18-4-3-13-32-24(18)25(20-7-9-23(28)10-8-20)33-26(35)21-11-14-34(15-12-21)17-19-5-2-6-22(16-19)27(29,30)31/h2-10,13,16,21,25H,11-12,14-15,17H2,1H3,(H,33,35). The molecule has 0 spiro atoms. The van der Waals surface area contributed by atoms with Crippen molar-refractivity contribution in [1.29, 1.82) is 0 Å². The number of rotatable bonds is 6. The van der Waals surface area contributed by atoms with Crippen LogP contribution in [0, 0.1) is 18.7 Å². The van der Waals surface area contributed by atoms with Gasteiger partial charge in [0.25, 0.3) is 0 Å². The highest BCUT2D eigenvalue weighted by molar-refractivity contribution is 5.79. The second-order valence-electron chi connectivity index (χ2n) is 8.95. The van der Waals surface area contributed by atoms with Crippen molar-refractivity contribution < 1.29 is 22.4 Å². The van der Waals surface area contributed by atoms with Crippen molar-refractivity contribution in [2.75, 3.05) is 13.1 Å². The van der Waals surface area contributed by atoms with E-state index in [9.17, 15) is 22.4 Å². The highest BCUT2D eigenvalue weighted by Gasteiger charge is 2.31. The van der Waals surface area contributed by atoms with E-state index in [0.717, 1.165) is 17.2 Å². The molecule has 1 aliphatic rings. The van der Waals surface area contributed by atoms with Crippen LogP contribution < -0.4 is 5.32 Å². The molecule has 1 aliphatic heterocycles. The summed E-state index contributed by atoms with van der Waals surface area (Å²) < 4.78 is 52.5. The van der Waals surface area contributed by atoms with Crippen molar-refractivity contribution in [3.63, 3.8) is 0 Å². The lowest BCUT2D eigenvalue weighted by molar-refractivity contribution is -0.137. The van der Waals surface area contributed by atoms with Crippen molar-refractivity contribution in [2.24, 2.45) is 5.92 Å². The third-order valence-electron chi connectivity index (χ3n) is 6.43. The Morgan fingerprint density at radius 1 is 1.09 bits per heavy atom. The summed E-state index contributed by atoms with van der Waals surface area (Å²) in [5.41, 5.74) is 2.31. The number of hydrogen-bond donors (Lipinski definition) is 1. The van der Waals surface area contributed by atoms with Gasteiger partial charge in [0, 0.05) is 18.7 Å². The van der Waals surface area contributed by atoms with E-state index < -0.39 is 17.8 Å². The molecule has 1 N–H and O–H groups in total. The fraction of sp³-hybridized carbons (Fsp3) is 0.333. The number of pyridine rings is 1. The topological polar surface area (TPSA) is 45.2 Å². The summed E-state index contributed by atoms with van der Waals surface area (Å²) in [6, 6.07) is 14.6. The van der Waals surface area contributed by atoms with Gasteiger partial charge < -0.3 is 5.32 Å². The average Bonchev–Trinajstić information content (AvgIpc) is 2.84. The number of carbonyl (C=O) groups is 1. The molecule has 184 valence electrons. The third-order valence-corrected chi connectivity index (χ3v) is 6.43. The number of alkyl halides is 3.